The maximum atomic E-state index is 4.64. The standard InChI is InChI=1S/C19H23N5/c1-14-15(2)24(12-16-6-4-3-5-7-16)19-17(14)18(21-13-22-19)23-10-8-20-9-11-23/h3-7,13,20H,8-12H2,1-2H3/p+1. The lowest BCUT2D eigenvalue weighted by molar-refractivity contribution is -0.655. The van der Waals surface area contributed by atoms with Gasteiger partial charge in [0.05, 0.1) is 31.6 Å². The third-order valence-corrected chi connectivity index (χ3v) is 5.07. The highest BCUT2D eigenvalue weighted by Gasteiger charge is 2.22. The summed E-state index contributed by atoms with van der Waals surface area (Å²) in [6.45, 7) is 9.60. The number of aromatic nitrogens is 3. The van der Waals surface area contributed by atoms with Crippen LogP contribution in [0.1, 0.15) is 16.8 Å². The fourth-order valence-electron chi connectivity index (χ4n) is 3.61. The van der Waals surface area contributed by atoms with E-state index in [9.17, 15) is 0 Å². The summed E-state index contributed by atoms with van der Waals surface area (Å²) in [6.07, 6.45) is 1.72. The van der Waals surface area contributed by atoms with E-state index in [2.05, 4.69) is 68.9 Å². The molecule has 124 valence electrons. The van der Waals surface area contributed by atoms with Crippen molar-refractivity contribution in [1.29, 1.82) is 0 Å². The number of quaternary nitrogens is 1. The van der Waals surface area contributed by atoms with E-state index in [1.165, 1.54) is 22.2 Å². The summed E-state index contributed by atoms with van der Waals surface area (Å²) in [5.74, 6) is 1.10. The first-order valence-electron chi connectivity index (χ1n) is 8.66. The Morgan fingerprint density at radius 2 is 1.79 bits per heavy atom. The molecule has 3 heterocycles. The summed E-state index contributed by atoms with van der Waals surface area (Å²) in [7, 11) is 0. The van der Waals surface area contributed by atoms with E-state index in [-0.39, 0.29) is 0 Å². The average Bonchev–Trinajstić information content (AvgIpc) is 2.88. The molecule has 0 radical (unpaired) electrons. The first-order chi connectivity index (χ1) is 11.8. The van der Waals surface area contributed by atoms with Crippen LogP contribution >= 0.6 is 0 Å². The number of rotatable bonds is 3. The first kappa shape index (κ1) is 15.1. The molecule has 1 saturated heterocycles. The van der Waals surface area contributed by atoms with E-state index >= 15 is 0 Å². The molecule has 0 bridgehead atoms. The van der Waals surface area contributed by atoms with Gasteiger partial charge in [0, 0.05) is 12.2 Å². The molecule has 5 nitrogen and oxygen atoms in total. The predicted octanol–water partition coefficient (Wildman–Crippen LogP) is 1.48. The second kappa shape index (κ2) is 6.24. The van der Waals surface area contributed by atoms with Crippen molar-refractivity contribution < 1.29 is 5.32 Å². The van der Waals surface area contributed by atoms with Gasteiger partial charge in [-0.2, -0.15) is 0 Å². The Hall–Kier alpha value is -2.40. The second-order valence-electron chi connectivity index (χ2n) is 6.53. The summed E-state index contributed by atoms with van der Waals surface area (Å²) in [5, 5.41) is 3.58. The first-order valence-corrected chi connectivity index (χ1v) is 8.66. The normalized spacial score (nSPS) is 15.2. The number of aryl methyl sites for hydroxylation is 1. The average molecular weight is 322 g/mol. The van der Waals surface area contributed by atoms with Gasteiger partial charge in [-0.3, -0.25) is 0 Å². The zero-order valence-corrected chi connectivity index (χ0v) is 14.4. The van der Waals surface area contributed by atoms with Gasteiger partial charge in [0.15, 0.2) is 0 Å². The molecule has 5 heteroatoms. The summed E-state index contributed by atoms with van der Waals surface area (Å²) in [6, 6.07) is 10.6. The largest absolute Gasteiger partial charge is 0.345 e. The zero-order chi connectivity index (χ0) is 16.5. The Morgan fingerprint density at radius 1 is 1.04 bits per heavy atom. The SMILES string of the molecule is Cc1c(C)n(Cc2ccccc2)c2ncnc(N3CC[NH2+]CC3)c12. The van der Waals surface area contributed by atoms with E-state index in [1.54, 1.807) is 6.33 Å². The van der Waals surface area contributed by atoms with Crippen LogP contribution in [0.25, 0.3) is 11.0 Å². The molecule has 0 saturated carbocycles. The van der Waals surface area contributed by atoms with Crippen molar-refractivity contribution in [3.05, 3.63) is 53.5 Å². The number of hydrogen-bond acceptors (Lipinski definition) is 3. The number of hydrogen-bond donors (Lipinski definition) is 1. The second-order valence-corrected chi connectivity index (χ2v) is 6.53. The molecule has 0 unspecified atom stereocenters. The maximum absolute atomic E-state index is 4.64. The number of nitrogens with zero attached hydrogens (tertiary/aromatic N) is 4. The Morgan fingerprint density at radius 3 is 2.54 bits per heavy atom. The molecule has 0 spiro atoms. The minimum absolute atomic E-state index is 0.848. The Kier molecular flexibility index (Phi) is 3.94. The highest BCUT2D eigenvalue weighted by molar-refractivity contribution is 5.92. The highest BCUT2D eigenvalue weighted by Crippen LogP contribution is 2.31. The van der Waals surface area contributed by atoms with Crippen LogP contribution < -0.4 is 10.2 Å². The number of anilines is 1. The third-order valence-electron chi connectivity index (χ3n) is 5.07. The molecule has 24 heavy (non-hydrogen) atoms. The van der Waals surface area contributed by atoms with Crippen molar-refractivity contribution in [3.63, 3.8) is 0 Å². The van der Waals surface area contributed by atoms with Crippen molar-refractivity contribution in [2.45, 2.75) is 20.4 Å². The van der Waals surface area contributed by atoms with Crippen LogP contribution in [0, 0.1) is 13.8 Å². The van der Waals surface area contributed by atoms with Crippen molar-refractivity contribution in [1.82, 2.24) is 14.5 Å². The fourth-order valence-corrected chi connectivity index (χ4v) is 3.61. The molecule has 0 amide bonds. The molecule has 2 aromatic heterocycles. The molecular weight excluding hydrogens is 298 g/mol. The van der Waals surface area contributed by atoms with E-state index in [1.807, 2.05) is 0 Å². The number of benzene rings is 1. The highest BCUT2D eigenvalue weighted by atomic mass is 15.2. The number of piperazine rings is 1. The van der Waals surface area contributed by atoms with Crippen LogP contribution in [0.3, 0.4) is 0 Å². The minimum atomic E-state index is 0.848. The van der Waals surface area contributed by atoms with Crippen molar-refractivity contribution in [3.8, 4) is 0 Å². The minimum Gasteiger partial charge on any atom is -0.345 e. The van der Waals surface area contributed by atoms with Crippen molar-refractivity contribution in [2.24, 2.45) is 0 Å². The van der Waals surface area contributed by atoms with E-state index in [0.29, 0.717) is 0 Å². The van der Waals surface area contributed by atoms with E-state index < -0.39 is 0 Å². The lowest BCUT2D eigenvalue weighted by Crippen LogP contribution is -2.89. The third kappa shape index (κ3) is 2.55. The van der Waals surface area contributed by atoms with Gasteiger partial charge in [0.2, 0.25) is 0 Å². The van der Waals surface area contributed by atoms with Crippen LogP contribution in [-0.2, 0) is 6.54 Å². The van der Waals surface area contributed by atoms with Crippen LogP contribution in [-0.4, -0.2) is 40.7 Å². The van der Waals surface area contributed by atoms with Crippen LogP contribution in [0.2, 0.25) is 0 Å². The molecule has 1 aliphatic heterocycles. The zero-order valence-electron chi connectivity index (χ0n) is 14.4. The Balaban J connectivity index is 1.82. The molecule has 0 aliphatic carbocycles. The lowest BCUT2D eigenvalue weighted by atomic mass is 10.2. The van der Waals surface area contributed by atoms with Crippen LogP contribution in [0.15, 0.2) is 36.7 Å². The van der Waals surface area contributed by atoms with Gasteiger partial charge in [0.25, 0.3) is 0 Å². The van der Waals surface area contributed by atoms with Crippen LogP contribution in [0.4, 0.5) is 5.82 Å². The Bertz CT molecular complexity index is 847. The number of fused-ring (bicyclic) bond motifs is 1. The van der Waals surface area contributed by atoms with Gasteiger partial charge in [-0.15, -0.1) is 0 Å². The van der Waals surface area contributed by atoms with Gasteiger partial charge >= 0.3 is 0 Å². The van der Waals surface area contributed by atoms with Gasteiger partial charge in [-0.1, -0.05) is 30.3 Å². The lowest BCUT2D eigenvalue weighted by Gasteiger charge is -2.26. The van der Waals surface area contributed by atoms with E-state index in [0.717, 1.165) is 44.2 Å². The summed E-state index contributed by atoms with van der Waals surface area (Å²) >= 11 is 0. The number of nitrogens with two attached hydrogens (primary N) is 1. The monoisotopic (exact) mass is 322 g/mol. The molecule has 0 atom stereocenters. The molecule has 1 aromatic carbocycles. The molecule has 1 aliphatic rings. The van der Waals surface area contributed by atoms with Gasteiger partial charge < -0.3 is 14.8 Å². The molecule has 3 aromatic rings. The van der Waals surface area contributed by atoms with Gasteiger partial charge in [0.1, 0.15) is 17.8 Å². The topological polar surface area (TPSA) is 50.6 Å². The van der Waals surface area contributed by atoms with Crippen molar-refractivity contribution >= 4 is 16.9 Å². The summed E-state index contributed by atoms with van der Waals surface area (Å²) in [5.41, 5.74) is 4.92. The van der Waals surface area contributed by atoms with Gasteiger partial charge in [-0.25, -0.2) is 9.97 Å². The van der Waals surface area contributed by atoms with Gasteiger partial charge in [-0.05, 0) is 25.0 Å². The summed E-state index contributed by atoms with van der Waals surface area (Å²) in [4.78, 5) is 11.7. The predicted molar refractivity (Wildman–Crippen MR) is 96.4 cm³/mol. The molecule has 4 rings (SSSR count). The molecule has 1 fully saturated rings. The smallest absolute Gasteiger partial charge is 0.146 e. The molecular formula is C19H24N5+. The Labute approximate surface area is 142 Å². The van der Waals surface area contributed by atoms with E-state index in [4.69, 9.17) is 0 Å². The quantitative estimate of drug-likeness (QED) is 0.795. The van der Waals surface area contributed by atoms with Crippen molar-refractivity contribution in [2.75, 3.05) is 31.1 Å². The fraction of sp³-hybridized carbons (Fsp3) is 0.368. The summed E-state index contributed by atoms with van der Waals surface area (Å²) < 4.78 is 2.32. The van der Waals surface area contributed by atoms with Crippen LogP contribution in [0.5, 0.6) is 0 Å². The maximum Gasteiger partial charge on any atom is 0.146 e. The molecule has 2 N–H and O–H groups in total.